The maximum atomic E-state index is 10.9. The Bertz CT molecular complexity index is 219. The van der Waals surface area contributed by atoms with Crippen molar-refractivity contribution in [1.29, 1.82) is 0 Å². The molecule has 20 heavy (non-hydrogen) atoms. The molecule has 0 aliphatic rings. The number of hydrogen-bond acceptors (Lipinski definition) is 2. The Hall–Kier alpha value is -0.240. The Balaban J connectivity index is 3.14. The second-order valence-electron chi connectivity index (χ2n) is 5.68. The van der Waals surface area contributed by atoms with Gasteiger partial charge in [-0.05, 0) is 19.3 Å². The van der Waals surface area contributed by atoms with Crippen molar-refractivity contribution in [3.8, 4) is 0 Å². The molecule has 0 spiro atoms. The summed E-state index contributed by atoms with van der Waals surface area (Å²) in [5.74, 6) is -0.0822. The predicted molar refractivity (Wildman–Crippen MR) is 87.4 cm³/mol. The van der Waals surface area contributed by atoms with Crippen LogP contribution < -0.4 is 0 Å². The summed E-state index contributed by atoms with van der Waals surface area (Å²) in [6.07, 6.45) is 15.3. The first-order chi connectivity index (χ1) is 9.70. The largest absolute Gasteiger partial charge is 0.469 e. The van der Waals surface area contributed by atoms with E-state index in [1.54, 1.807) is 0 Å². The molecule has 1 atom stereocenters. The average molecular weight is 305 g/mol. The molecule has 0 aromatic rings. The van der Waals surface area contributed by atoms with E-state index in [0.29, 0.717) is 11.8 Å². The van der Waals surface area contributed by atoms with Gasteiger partial charge in [-0.25, -0.2) is 0 Å². The monoisotopic (exact) mass is 304 g/mol. The molecule has 0 saturated heterocycles. The van der Waals surface area contributed by atoms with Gasteiger partial charge in [-0.3, -0.25) is 4.79 Å². The Morgan fingerprint density at radius 3 is 1.95 bits per heavy atom. The van der Waals surface area contributed by atoms with Crippen LogP contribution in [0.5, 0.6) is 0 Å². The summed E-state index contributed by atoms with van der Waals surface area (Å²) < 4.78 is 4.62. The third-order valence-corrected chi connectivity index (χ3v) is 4.18. The van der Waals surface area contributed by atoms with E-state index in [0.717, 1.165) is 12.8 Å². The maximum Gasteiger partial charge on any atom is 0.305 e. The quantitative estimate of drug-likeness (QED) is 0.228. The van der Waals surface area contributed by atoms with Crippen LogP contribution in [-0.4, -0.2) is 18.5 Å². The first-order valence-electron chi connectivity index (χ1n) is 8.41. The van der Waals surface area contributed by atoms with Crippen molar-refractivity contribution in [1.82, 2.24) is 0 Å². The number of carbonyl (C=O) groups is 1. The number of unbranched alkanes of at least 4 members (excludes halogenated alkanes) is 8. The van der Waals surface area contributed by atoms with Crippen LogP contribution in [-0.2, 0) is 9.53 Å². The summed E-state index contributed by atoms with van der Waals surface area (Å²) in [5, 5.41) is 0.390. The Morgan fingerprint density at radius 2 is 1.40 bits per heavy atom. The van der Waals surface area contributed by atoms with Gasteiger partial charge >= 0.3 is 5.97 Å². The third-order valence-electron chi connectivity index (χ3n) is 3.75. The first kappa shape index (κ1) is 19.8. The van der Waals surface area contributed by atoms with Crippen molar-refractivity contribution in [3.05, 3.63) is 0 Å². The minimum atomic E-state index is -0.0822. The van der Waals surface area contributed by atoms with Crippen LogP contribution in [0.3, 0.4) is 0 Å². The lowest BCUT2D eigenvalue weighted by Gasteiger charge is -2.08. The molecule has 3 heteroatoms. The lowest BCUT2D eigenvalue weighted by atomic mass is 10.0. The lowest BCUT2D eigenvalue weighted by molar-refractivity contribution is -0.140. The zero-order valence-corrected chi connectivity index (χ0v) is 14.2. The molecule has 0 N–H and O–H groups in total. The summed E-state index contributed by atoms with van der Waals surface area (Å²) in [6.45, 7) is 2.23. The Labute approximate surface area is 130 Å². The standard InChI is InChI=1S/C17H33ClO2/c1-3-4-10-13-16(18)14-11-8-6-5-7-9-12-15-17(19)20-2/h16H,3-15H2,1-2H3. The highest BCUT2D eigenvalue weighted by Gasteiger charge is 2.03. The molecule has 0 heterocycles. The van der Waals surface area contributed by atoms with E-state index >= 15 is 0 Å². The fourth-order valence-electron chi connectivity index (χ4n) is 2.38. The van der Waals surface area contributed by atoms with Crippen LogP contribution >= 0.6 is 11.6 Å². The molecule has 0 aromatic carbocycles. The molecular formula is C17H33ClO2. The maximum absolute atomic E-state index is 10.9. The highest BCUT2D eigenvalue weighted by atomic mass is 35.5. The smallest absolute Gasteiger partial charge is 0.305 e. The van der Waals surface area contributed by atoms with E-state index < -0.39 is 0 Å². The number of hydrogen-bond donors (Lipinski definition) is 0. The normalized spacial score (nSPS) is 12.3. The van der Waals surface area contributed by atoms with Crippen LogP contribution in [0.2, 0.25) is 0 Å². The van der Waals surface area contributed by atoms with Gasteiger partial charge in [-0.2, -0.15) is 0 Å². The van der Waals surface area contributed by atoms with Crippen LogP contribution in [0, 0.1) is 0 Å². The molecule has 120 valence electrons. The van der Waals surface area contributed by atoms with E-state index in [-0.39, 0.29) is 5.97 Å². The molecule has 0 aliphatic carbocycles. The second kappa shape index (κ2) is 15.2. The summed E-state index contributed by atoms with van der Waals surface area (Å²) in [5.41, 5.74) is 0. The van der Waals surface area contributed by atoms with E-state index in [4.69, 9.17) is 11.6 Å². The van der Waals surface area contributed by atoms with Crippen LogP contribution in [0.15, 0.2) is 0 Å². The van der Waals surface area contributed by atoms with Crippen molar-refractivity contribution in [2.75, 3.05) is 7.11 Å². The number of esters is 1. The number of ether oxygens (including phenoxy) is 1. The van der Waals surface area contributed by atoms with Crippen LogP contribution in [0.4, 0.5) is 0 Å². The SMILES string of the molecule is CCCCCC(Cl)CCCCCCCCCC(=O)OC. The molecule has 0 fully saturated rings. The van der Waals surface area contributed by atoms with E-state index in [9.17, 15) is 4.79 Å². The summed E-state index contributed by atoms with van der Waals surface area (Å²) >= 11 is 6.30. The minimum Gasteiger partial charge on any atom is -0.469 e. The molecular weight excluding hydrogens is 272 g/mol. The molecule has 0 rings (SSSR count). The minimum absolute atomic E-state index is 0.0822. The zero-order valence-electron chi connectivity index (χ0n) is 13.5. The van der Waals surface area contributed by atoms with Crippen molar-refractivity contribution < 1.29 is 9.53 Å². The van der Waals surface area contributed by atoms with E-state index in [2.05, 4.69) is 11.7 Å². The molecule has 0 radical (unpaired) electrons. The third kappa shape index (κ3) is 14.2. The van der Waals surface area contributed by atoms with Crippen LogP contribution in [0.1, 0.15) is 90.4 Å². The molecule has 0 aliphatic heterocycles. The van der Waals surface area contributed by atoms with Gasteiger partial charge in [0.1, 0.15) is 0 Å². The summed E-state index contributed by atoms with van der Waals surface area (Å²) in [7, 11) is 1.45. The highest BCUT2D eigenvalue weighted by molar-refractivity contribution is 6.20. The molecule has 0 amide bonds. The molecule has 0 saturated carbocycles. The van der Waals surface area contributed by atoms with Gasteiger partial charge in [-0.1, -0.05) is 64.7 Å². The van der Waals surface area contributed by atoms with Crippen molar-refractivity contribution in [2.24, 2.45) is 0 Å². The van der Waals surface area contributed by atoms with Crippen molar-refractivity contribution in [2.45, 2.75) is 95.8 Å². The average Bonchev–Trinajstić information content (AvgIpc) is 2.45. The lowest BCUT2D eigenvalue weighted by Crippen LogP contribution is -1.99. The first-order valence-corrected chi connectivity index (χ1v) is 8.85. The number of carbonyl (C=O) groups excluding carboxylic acids is 1. The fourth-order valence-corrected chi connectivity index (χ4v) is 2.69. The topological polar surface area (TPSA) is 26.3 Å². The zero-order chi connectivity index (χ0) is 15.1. The van der Waals surface area contributed by atoms with Gasteiger partial charge < -0.3 is 4.74 Å². The van der Waals surface area contributed by atoms with Crippen molar-refractivity contribution >= 4 is 17.6 Å². The Kier molecular flexibility index (Phi) is 15.0. The summed E-state index contributed by atoms with van der Waals surface area (Å²) in [6, 6.07) is 0. The van der Waals surface area contributed by atoms with Gasteiger partial charge in [-0.15, -0.1) is 11.6 Å². The number of halogens is 1. The molecule has 0 aromatic heterocycles. The fraction of sp³-hybridized carbons (Fsp3) is 0.941. The van der Waals surface area contributed by atoms with Crippen molar-refractivity contribution in [3.63, 3.8) is 0 Å². The predicted octanol–water partition coefficient (Wildman–Crippen LogP) is 5.86. The van der Waals surface area contributed by atoms with Gasteiger partial charge in [0.2, 0.25) is 0 Å². The number of methoxy groups -OCH3 is 1. The van der Waals surface area contributed by atoms with E-state index in [1.807, 2.05) is 0 Å². The Morgan fingerprint density at radius 1 is 0.900 bits per heavy atom. The van der Waals surface area contributed by atoms with Crippen LogP contribution in [0.25, 0.3) is 0 Å². The molecule has 1 unspecified atom stereocenters. The van der Waals surface area contributed by atoms with Gasteiger partial charge in [0.25, 0.3) is 0 Å². The summed E-state index contributed by atoms with van der Waals surface area (Å²) in [4.78, 5) is 10.9. The van der Waals surface area contributed by atoms with Gasteiger partial charge in [0.15, 0.2) is 0 Å². The second-order valence-corrected chi connectivity index (χ2v) is 6.30. The van der Waals surface area contributed by atoms with Gasteiger partial charge in [0.05, 0.1) is 7.11 Å². The highest BCUT2D eigenvalue weighted by Crippen LogP contribution is 2.17. The molecule has 0 bridgehead atoms. The van der Waals surface area contributed by atoms with E-state index in [1.165, 1.54) is 71.3 Å². The van der Waals surface area contributed by atoms with Gasteiger partial charge in [0, 0.05) is 11.8 Å². The molecule has 2 nitrogen and oxygen atoms in total. The number of rotatable bonds is 14. The number of alkyl halides is 1.